The van der Waals surface area contributed by atoms with Gasteiger partial charge >= 0.3 is 0 Å². The number of ether oxygens (including phenoxy) is 1. The first-order valence-electron chi connectivity index (χ1n) is 5.76. The molecule has 3 N–H and O–H groups in total. The molecule has 0 aliphatic rings. The molecule has 0 spiro atoms. The predicted octanol–water partition coefficient (Wildman–Crippen LogP) is -0.190. The second kappa shape index (κ2) is 6.72. The first-order valence-corrected chi connectivity index (χ1v) is 7.41. The van der Waals surface area contributed by atoms with E-state index in [1.54, 1.807) is 10.9 Å². The standard InChI is InChI=1S/C10H20N4O3S/c1-9(2)17-5-6-18(15,16)13-3-4-14-8-10(11)7-12-14/h7-9,13H,3-6,11H2,1-2H3. The van der Waals surface area contributed by atoms with Gasteiger partial charge in [-0.05, 0) is 13.8 Å². The number of nitrogens with zero attached hydrogens (tertiary/aromatic N) is 2. The molecule has 1 aromatic heterocycles. The van der Waals surface area contributed by atoms with Gasteiger partial charge in [-0.25, -0.2) is 13.1 Å². The van der Waals surface area contributed by atoms with E-state index in [0.717, 1.165) is 0 Å². The molecular formula is C10H20N4O3S. The first-order chi connectivity index (χ1) is 8.39. The third kappa shape index (κ3) is 5.99. The van der Waals surface area contributed by atoms with Gasteiger partial charge in [0.15, 0.2) is 0 Å². The zero-order valence-corrected chi connectivity index (χ0v) is 11.5. The summed E-state index contributed by atoms with van der Waals surface area (Å²) in [6.45, 7) is 4.65. The topological polar surface area (TPSA) is 99.2 Å². The number of sulfonamides is 1. The number of anilines is 1. The van der Waals surface area contributed by atoms with Gasteiger partial charge in [0, 0.05) is 12.7 Å². The Kier molecular flexibility index (Phi) is 5.57. The van der Waals surface area contributed by atoms with E-state index < -0.39 is 10.0 Å². The van der Waals surface area contributed by atoms with Gasteiger partial charge in [0.05, 0.1) is 36.9 Å². The average Bonchev–Trinajstić information content (AvgIpc) is 2.63. The highest BCUT2D eigenvalue weighted by molar-refractivity contribution is 7.89. The normalized spacial score (nSPS) is 12.2. The molecule has 7 nitrogen and oxygen atoms in total. The summed E-state index contributed by atoms with van der Waals surface area (Å²) in [5.41, 5.74) is 6.05. The van der Waals surface area contributed by atoms with Crippen LogP contribution >= 0.6 is 0 Å². The maximum Gasteiger partial charge on any atom is 0.213 e. The number of aromatic nitrogens is 2. The summed E-state index contributed by atoms with van der Waals surface area (Å²) in [5.74, 6) is -0.0353. The van der Waals surface area contributed by atoms with Crippen molar-refractivity contribution in [2.24, 2.45) is 0 Å². The first kappa shape index (κ1) is 14.9. The van der Waals surface area contributed by atoms with Gasteiger partial charge in [0.25, 0.3) is 0 Å². The van der Waals surface area contributed by atoms with Gasteiger partial charge < -0.3 is 10.5 Å². The van der Waals surface area contributed by atoms with Crippen LogP contribution in [0.5, 0.6) is 0 Å². The third-order valence-electron chi connectivity index (χ3n) is 2.12. The third-order valence-corrected chi connectivity index (χ3v) is 3.47. The Morgan fingerprint density at radius 3 is 2.83 bits per heavy atom. The van der Waals surface area contributed by atoms with Crippen molar-refractivity contribution < 1.29 is 13.2 Å². The van der Waals surface area contributed by atoms with E-state index in [1.807, 2.05) is 13.8 Å². The maximum atomic E-state index is 11.6. The van der Waals surface area contributed by atoms with Crippen molar-refractivity contribution >= 4 is 15.7 Å². The van der Waals surface area contributed by atoms with E-state index in [1.165, 1.54) is 6.20 Å². The van der Waals surface area contributed by atoms with Crippen LogP contribution in [-0.2, 0) is 21.3 Å². The monoisotopic (exact) mass is 276 g/mol. The van der Waals surface area contributed by atoms with E-state index in [2.05, 4.69) is 9.82 Å². The lowest BCUT2D eigenvalue weighted by molar-refractivity contribution is 0.0911. The maximum absolute atomic E-state index is 11.6. The number of nitrogen functional groups attached to an aromatic ring is 1. The highest BCUT2D eigenvalue weighted by Crippen LogP contribution is 1.97. The number of hydrogen-bond donors (Lipinski definition) is 2. The Balaban J connectivity index is 2.25. The van der Waals surface area contributed by atoms with Crippen LogP contribution in [-0.4, -0.2) is 43.2 Å². The van der Waals surface area contributed by atoms with Gasteiger partial charge in [-0.2, -0.15) is 5.10 Å². The predicted molar refractivity (Wildman–Crippen MR) is 69.5 cm³/mol. The summed E-state index contributed by atoms with van der Waals surface area (Å²) in [4.78, 5) is 0. The van der Waals surface area contributed by atoms with Crippen molar-refractivity contribution in [3.8, 4) is 0 Å². The lowest BCUT2D eigenvalue weighted by atomic mass is 10.5. The molecule has 0 aromatic carbocycles. The molecule has 0 saturated heterocycles. The van der Waals surface area contributed by atoms with E-state index >= 15 is 0 Å². The smallest absolute Gasteiger partial charge is 0.213 e. The fraction of sp³-hybridized carbons (Fsp3) is 0.700. The van der Waals surface area contributed by atoms with Crippen LogP contribution in [0.3, 0.4) is 0 Å². The Labute approximate surface area is 107 Å². The molecule has 1 heterocycles. The lowest BCUT2D eigenvalue weighted by Crippen LogP contribution is -2.31. The van der Waals surface area contributed by atoms with Crippen LogP contribution in [0.25, 0.3) is 0 Å². The molecule has 0 atom stereocenters. The Morgan fingerprint density at radius 2 is 2.28 bits per heavy atom. The molecule has 0 unspecified atom stereocenters. The van der Waals surface area contributed by atoms with Gasteiger partial charge in [-0.15, -0.1) is 0 Å². The molecule has 104 valence electrons. The summed E-state index contributed by atoms with van der Waals surface area (Å²) in [6, 6.07) is 0. The molecule has 0 bridgehead atoms. The summed E-state index contributed by atoms with van der Waals surface area (Å²) in [5, 5.41) is 3.95. The van der Waals surface area contributed by atoms with Gasteiger partial charge in [0.1, 0.15) is 0 Å². The van der Waals surface area contributed by atoms with Gasteiger partial charge in [0.2, 0.25) is 10.0 Å². The molecule has 0 aliphatic heterocycles. The van der Waals surface area contributed by atoms with E-state index in [9.17, 15) is 8.42 Å². The second-order valence-corrected chi connectivity index (χ2v) is 6.10. The minimum absolute atomic E-state index is 0.0345. The molecule has 0 aliphatic carbocycles. The van der Waals surface area contributed by atoms with E-state index in [-0.39, 0.29) is 25.0 Å². The van der Waals surface area contributed by atoms with Crippen molar-refractivity contribution in [2.75, 3.05) is 24.6 Å². The summed E-state index contributed by atoms with van der Waals surface area (Å²) >= 11 is 0. The molecule has 0 saturated carbocycles. The molecule has 0 amide bonds. The molecule has 0 radical (unpaired) electrons. The summed E-state index contributed by atoms with van der Waals surface area (Å²) < 4.78 is 32.4. The van der Waals surface area contributed by atoms with E-state index in [4.69, 9.17) is 10.5 Å². The number of nitrogens with two attached hydrogens (primary N) is 1. The minimum atomic E-state index is -3.29. The van der Waals surface area contributed by atoms with Crippen molar-refractivity contribution in [3.63, 3.8) is 0 Å². The fourth-order valence-corrected chi connectivity index (χ4v) is 2.15. The Morgan fingerprint density at radius 1 is 1.56 bits per heavy atom. The zero-order valence-electron chi connectivity index (χ0n) is 10.7. The number of nitrogens with one attached hydrogen (secondary N) is 1. The molecule has 8 heteroatoms. The highest BCUT2D eigenvalue weighted by atomic mass is 32.2. The van der Waals surface area contributed by atoms with Crippen molar-refractivity contribution in [2.45, 2.75) is 26.5 Å². The van der Waals surface area contributed by atoms with Crippen LogP contribution in [0.1, 0.15) is 13.8 Å². The summed E-state index contributed by atoms with van der Waals surface area (Å²) in [7, 11) is -3.29. The van der Waals surface area contributed by atoms with Gasteiger partial charge in [-0.1, -0.05) is 0 Å². The largest absolute Gasteiger partial charge is 0.396 e. The average molecular weight is 276 g/mol. The minimum Gasteiger partial charge on any atom is -0.396 e. The van der Waals surface area contributed by atoms with Crippen molar-refractivity contribution in [3.05, 3.63) is 12.4 Å². The fourth-order valence-electron chi connectivity index (χ4n) is 1.28. The highest BCUT2D eigenvalue weighted by Gasteiger charge is 2.09. The Hall–Kier alpha value is -1.12. The van der Waals surface area contributed by atoms with Crippen LogP contribution < -0.4 is 10.5 Å². The van der Waals surface area contributed by atoms with Crippen LogP contribution in [0.4, 0.5) is 5.69 Å². The number of hydrogen-bond acceptors (Lipinski definition) is 5. The lowest BCUT2D eigenvalue weighted by Gasteiger charge is -2.09. The SMILES string of the molecule is CC(C)OCCS(=O)(=O)NCCn1cc(N)cn1. The molecular weight excluding hydrogens is 256 g/mol. The number of rotatable bonds is 8. The van der Waals surface area contributed by atoms with Crippen LogP contribution in [0.2, 0.25) is 0 Å². The molecule has 1 rings (SSSR count). The molecule has 18 heavy (non-hydrogen) atoms. The molecule has 0 fully saturated rings. The summed E-state index contributed by atoms with van der Waals surface area (Å²) in [6.07, 6.45) is 3.20. The van der Waals surface area contributed by atoms with Crippen LogP contribution in [0.15, 0.2) is 12.4 Å². The van der Waals surface area contributed by atoms with Crippen molar-refractivity contribution in [1.29, 1.82) is 0 Å². The van der Waals surface area contributed by atoms with Gasteiger partial charge in [-0.3, -0.25) is 4.68 Å². The van der Waals surface area contributed by atoms with Crippen LogP contribution in [0, 0.1) is 0 Å². The van der Waals surface area contributed by atoms with Crippen molar-refractivity contribution in [1.82, 2.24) is 14.5 Å². The molecule has 1 aromatic rings. The second-order valence-electron chi connectivity index (χ2n) is 4.17. The van der Waals surface area contributed by atoms with E-state index in [0.29, 0.717) is 12.2 Å². The Bertz CT molecular complexity index is 455. The zero-order chi connectivity index (χ0) is 13.6. The quantitative estimate of drug-likeness (QED) is 0.685.